The maximum absolute atomic E-state index is 12.5. The summed E-state index contributed by atoms with van der Waals surface area (Å²) in [7, 11) is -3.87. The normalized spacial score (nSPS) is 13.3. The van der Waals surface area contributed by atoms with E-state index in [9.17, 15) is 13.2 Å². The summed E-state index contributed by atoms with van der Waals surface area (Å²) in [6, 6.07) is 13.8. The maximum atomic E-state index is 12.5. The van der Waals surface area contributed by atoms with Crippen molar-refractivity contribution < 1.29 is 18.3 Å². The Hall–Kier alpha value is -2.67. The third-order valence-corrected chi connectivity index (χ3v) is 4.64. The number of aliphatic carboxylic acids is 1. The minimum Gasteiger partial charge on any atom is -0.480 e. The van der Waals surface area contributed by atoms with Crippen LogP contribution in [-0.4, -0.2) is 31.4 Å². The second-order valence-electron chi connectivity index (χ2n) is 5.28. The highest BCUT2D eigenvalue weighted by Crippen LogP contribution is 2.12. The van der Waals surface area contributed by atoms with Crippen LogP contribution < -0.4 is 4.72 Å². The second-order valence-corrected chi connectivity index (χ2v) is 6.96. The summed E-state index contributed by atoms with van der Waals surface area (Å²) in [6.45, 7) is 3.24. The fraction of sp³-hybridized carbons (Fsp3) is 0.176. The summed E-state index contributed by atoms with van der Waals surface area (Å²) in [5, 5.41) is 9.04. The van der Waals surface area contributed by atoms with Crippen molar-refractivity contribution in [1.82, 2.24) is 4.72 Å². The average Bonchev–Trinajstić information content (AvgIpc) is 2.55. The first-order valence-corrected chi connectivity index (χ1v) is 8.73. The molecule has 0 amide bonds. The molecule has 0 heterocycles. The lowest BCUT2D eigenvalue weighted by Crippen LogP contribution is -2.33. The Morgan fingerprint density at radius 2 is 1.67 bits per heavy atom. The van der Waals surface area contributed by atoms with Gasteiger partial charge in [-0.05, 0) is 26.0 Å². The van der Waals surface area contributed by atoms with Crippen molar-refractivity contribution >= 4 is 21.8 Å². The van der Waals surface area contributed by atoms with E-state index < -0.39 is 22.0 Å². The van der Waals surface area contributed by atoms with Gasteiger partial charge in [0.2, 0.25) is 0 Å². The van der Waals surface area contributed by atoms with Crippen LogP contribution in [0.25, 0.3) is 0 Å². The number of carboxylic acids is 1. The molecule has 0 fully saturated rings. The number of sulfonamides is 1. The maximum Gasteiger partial charge on any atom is 0.328 e. The number of amidine groups is 1. The van der Waals surface area contributed by atoms with Crippen LogP contribution in [0.2, 0.25) is 0 Å². The van der Waals surface area contributed by atoms with Crippen LogP contribution in [0.3, 0.4) is 0 Å². The van der Waals surface area contributed by atoms with Crippen LogP contribution in [0.4, 0.5) is 0 Å². The van der Waals surface area contributed by atoms with E-state index in [1.165, 1.54) is 19.1 Å². The van der Waals surface area contributed by atoms with Gasteiger partial charge >= 0.3 is 5.97 Å². The van der Waals surface area contributed by atoms with Gasteiger partial charge in [0.25, 0.3) is 10.0 Å². The molecule has 6 nitrogen and oxygen atoms in total. The number of carboxylic acid groups (broad SMARTS) is 1. The second kappa shape index (κ2) is 7.27. The Kier molecular flexibility index (Phi) is 5.35. The molecule has 0 saturated heterocycles. The molecule has 0 unspecified atom stereocenters. The highest BCUT2D eigenvalue weighted by molar-refractivity contribution is 7.90. The van der Waals surface area contributed by atoms with E-state index >= 15 is 0 Å². The third kappa shape index (κ3) is 4.42. The van der Waals surface area contributed by atoms with Crippen LogP contribution in [-0.2, 0) is 14.8 Å². The van der Waals surface area contributed by atoms with Crippen molar-refractivity contribution in [3.8, 4) is 0 Å². The Morgan fingerprint density at radius 1 is 1.08 bits per heavy atom. The topological polar surface area (TPSA) is 95.8 Å². The summed E-state index contributed by atoms with van der Waals surface area (Å²) >= 11 is 0. The van der Waals surface area contributed by atoms with Gasteiger partial charge in [0, 0.05) is 5.56 Å². The number of rotatable bonds is 5. The van der Waals surface area contributed by atoms with Gasteiger partial charge in [-0.3, -0.25) is 9.71 Å². The Bertz CT molecular complexity index is 844. The molecule has 0 aromatic heterocycles. The standard InChI is InChI=1S/C17H18N2O4S/c1-12-8-10-15(11-9-12)24(22,23)19-16(18-13(2)17(20)21)14-6-4-3-5-7-14/h3-11,13H,1-2H3,(H,18,19)(H,20,21)/t13-/m0/s1. The van der Waals surface area contributed by atoms with E-state index in [2.05, 4.69) is 9.71 Å². The van der Waals surface area contributed by atoms with E-state index in [0.717, 1.165) is 5.56 Å². The van der Waals surface area contributed by atoms with Crippen LogP contribution in [0, 0.1) is 6.92 Å². The zero-order chi connectivity index (χ0) is 17.7. The number of aliphatic imine (C=N–C) groups is 1. The van der Waals surface area contributed by atoms with Crippen molar-refractivity contribution in [3.63, 3.8) is 0 Å². The zero-order valence-corrected chi connectivity index (χ0v) is 14.1. The molecule has 0 aliphatic heterocycles. The van der Waals surface area contributed by atoms with E-state index in [1.807, 2.05) is 6.92 Å². The van der Waals surface area contributed by atoms with Gasteiger partial charge in [-0.1, -0.05) is 48.0 Å². The van der Waals surface area contributed by atoms with E-state index in [0.29, 0.717) is 5.56 Å². The summed E-state index contributed by atoms with van der Waals surface area (Å²) in [5.41, 5.74) is 1.42. The van der Waals surface area contributed by atoms with Gasteiger partial charge in [-0.2, -0.15) is 0 Å². The molecule has 0 spiro atoms. The molecular formula is C17H18N2O4S. The van der Waals surface area contributed by atoms with Crippen molar-refractivity contribution in [3.05, 3.63) is 65.7 Å². The largest absolute Gasteiger partial charge is 0.480 e. The molecule has 0 radical (unpaired) electrons. The van der Waals surface area contributed by atoms with Gasteiger partial charge in [0.15, 0.2) is 0 Å². The van der Waals surface area contributed by atoms with E-state index in [-0.39, 0.29) is 10.7 Å². The zero-order valence-electron chi connectivity index (χ0n) is 13.3. The first kappa shape index (κ1) is 17.7. The van der Waals surface area contributed by atoms with Crippen LogP contribution >= 0.6 is 0 Å². The number of hydrogen-bond donors (Lipinski definition) is 2. The molecule has 24 heavy (non-hydrogen) atoms. The molecule has 126 valence electrons. The Balaban J connectivity index is 2.41. The highest BCUT2D eigenvalue weighted by atomic mass is 32.2. The number of nitrogens with zero attached hydrogens (tertiary/aromatic N) is 1. The first-order chi connectivity index (χ1) is 11.3. The average molecular weight is 346 g/mol. The molecule has 2 rings (SSSR count). The molecule has 2 aromatic rings. The Morgan fingerprint density at radius 3 is 2.21 bits per heavy atom. The van der Waals surface area contributed by atoms with Gasteiger partial charge in [-0.25, -0.2) is 13.2 Å². The van der Waals surface area contributed by atoms with Crippen LogP contribution in [0.15, 0.2) is 64.5 Å². The molecule has 0 aliphatic carbocycles. The van der Waals surface area contributed by atoms with Crippen LogP contribution in [0.5, 0.6) is 0 Å². The van der Waals surface area contributed by atoms with Gasteiger partial charge in [-0.15, -0.1) is 0 Å². The molecule has 7 heteroatoms. The number of benzene rings is 2. The van der Waals surface area contributed by atoms with Crippen molar-refractivity contribution in [2.45, 2.75) is 24.8 Å². The number of nitrogens with one attached hydrogen (secondary N) is 1. The smallest absolute Gasteiger partial charge is 0.328 e. The summed E-state index contributed by atoms with van der Waals surface area (Å²) in [4.78, 5) is 15.1. The summed E-state index contributed by atoms with van der Waals surface area (Å²) in [5.74, 6) is -1.15. The van der Waals surface area contributed by atoms with E-state index in [1.54, 1.807) is 42.5 Å². The minimum absolute atomic E-state index is 0.00826. The molecule has 2 N–H and O–H groups in total. The van der Waals surface area contributed by atoms with Gasteiger partial charge in [0.1, 0.15) is 11.9 Å². The SMILES string of the molecule is Cc1ccc(S(=O)(=O)NC(=N[C@@H](C)C(=O)O)c2ccccc2)cc1. The lowest BCUT2D eigenvalue weighted by molar-refractivity contribution is -0.137. The van der Waals surface area contributed by atoms with Crippen LogP contribution in [0.1, 0.15) is 18.1 Å². The highest BCUT2D eigenvalue weighted by Gasteiger charge is 2.19. The fourth-order valence-electron chi connectivity index (χ4n) is 1.91. The third-order valence-electron chi connectivity index (χ3n) is 3.29. The number of carbonyl (C=O) groups is 1. The molecule has 0 bridgehead atoms. The summed E-state index contributed by atoms with van der Waals surface area (Å²) in [6.07, 6.45) is 0. The minimum atomic E-state index is -3.87. The first-order valence-electron chi connectivity index (χ1n) is 7.25. The van der Waals surface area contributed by atoms with E-state index in [4.69, 9.17) is 5.11 Å². The van der Waals surface area contributed by atoms with Gasteiger partial charge in [0.05, 0.1) is 4.90 Å². The van der Waals surface area contributed by atoms with Crippen molar-refractivity contribution in [1.29, 1.82) is 0 Å². The molecule has 0 aliphatic rings. The molecule has 0 saturated carbocycles. The monoisotopic (exact) mass is 346 g/mol. The van der Waals surface area contributed by atoms with Crippen molar-refractivity contribution in [2.75, 3.05) is 0 Å². The quantitative estimate of drug-likeness (QED) is 0.641. The molecular weight excluding hydrogens is 328 g/mol. The molecule has 2 aromatic carbocycles. The lowest BCUT2D eigenvalue weighted by atomic mass is 10.2. The fourth-order valence-corrected chi connectivity index (χ4v) is 2.95. The Labute approximate surface area is 140 Å². The lowest BCUT2D eigenvalue weighted by Gasteiger charge is -2.13. The number of aryl methyl sites for hydroxylation is 1. The van der Waals surface area contributed by atoms with Crippen molar-refractivity contribution in [2.24, 2.45) is 4.99 Å². The van der Waals surface area contributed by atoms with Gasteiger partial charge < -0.3 is 5.11 Å². The number of hydrogen-bond acceptors (Lipinski definition) is 4. The predicted molar refractivity (Wildman–Crippen MR) is 91.6 cm³/mol. The predicted octanol–water partition coefficient (Wildman–Crippen LogP) is 2.19. The molecule has 1 atom stereocenters. The summed E-state index contributed by atoms with van der Waals surface area (Å²) < 4.78 is 27.5.